The van der Waals surface area contributed by atoms with E-state index in [-0.39, 0.29) is 17.7 Å². The van der Waals surface area contributed by atoms with Gasteiger partial charge in [-0.2, -0.15) is 0 Å². The smallest absolute Gasteiger partial charge is 0.223 e. The van der Waals surface area contributed by atoms with Crippen LogP contribution in [-0.4, -0.2) is 54.7 Å². The van der Waals surface area contributed by atoms with Crippen molar-refractivity contribution >= 4 is 11.7 Å². The lowest BCUT2D eigenvalue weighted by Gasteiger charge is -2.30. The van der Waals surface area contributed by atoms with Gasteiger partial charge in [-0.15, -0.1) is 0 Å². The summed E-state index contributed by atoms with van der Waals surface area (Å²) in [5, 5.41) is 0. The highest BCUT2D eigenvalue weighted by Gasteiger charge is 2.18. The number of Topliss-reactive ketones (excluding diaryl/α,β-unsaturated/α-hetero) is 1. The van der Waals surface area contributed by atoms with Gasteiger partial charge in [-0.3, -0.25) is 4.79 Å². The van der Waals surface area contributed by atoms with Crippen LogP contribution in [0.3, 0.4) is 0 Å². The molecule has 0 bridgehead atoms. The van der Waals surface area contributed by atoms with Crippen LogP contribution in [0.2, 0.25) is 0 Å². The number of amides is 1. The van der Waals surface area contributed by atoms with E-state index in [0.717, 1.165) is 6.54 Å². The van der Waals surface area contributed by atoms with Crippen molar-refractivity contribution in [2.24, 2.45) is 0 Å². The number of ketones is 1. The lowest BCUT2D eigenvalue weighted by atomic mass is 10.2. The van der Waals surface area contributed by atoms with Crippen LogP contribution in [0.4, 0.5) is 0 Å². The van der Waals surface area contributed by atoms with Crippen molar-refractivity contribution in [1.82, 2.24) is 9.80 Å². The van der Waals surface area contributed by atoms with E-state index in [1.807, 2.05) is 32.8 Å². The number of carbonyl (C=O) groups is 2. The van der Waals surface area contributed by atoms with Crippen LogP contribution in [0.1, 0.15) is 33.6 Å². The molecule has 0 aromatic heterocycles. The highest BCUT2D eigenvalue weighted by atomic mass is 16.2. The molecule has 0 fully saturated rings. The fraction of sp³-hybridized carbons (Fsp3) is 0.833. The van der Waals surface area contributed by atoms with Gasteiger partial charge in [-0.1, -0.05) is 0 Å². The molecule has 0 heterocycles. The maximum atomic E-state index is 11.9. The molecule has 0 saturated heterocycles. The number of hydrogen-bond acceptors (Lipinski definition) is 3. The molecule has 94 valence electrons. The Bertz CT molecular complexity index is 239. The average molecular weight is 228 g/mol. The van der Waals surface area contributed by atoms with Crippen molar-refractivity contribution in [3.63, 3.8) is 0 Å². The molecule has 0 aliphatic heterocycles. The highest BCUT2D eigenvalue weighted by molar-refractivity contribution is 5.83. The van der Waals surface area contributed by atoms with Gasteiger partial charge >= 0.3 is 0 Å². The van der Waals surface area contributed by atoms with Gasteiger partial charge in [0, 0.05) is 32.0 Å². The molecular formula is C12H24N2O2. The summed E-state index contributed by atoms with van der Waals surface area (Å²) in [7, 11) is 3.98. The second kappa shape index (κ2) is 7.39. The van der Waals surface area contributed by atoms with Gasteiger partial charge in [0.05, 0.1) is 0 Å². The second-order valence-electron chi connectivity index (χ2n) is 4.49. The van der Waals surface area contributed by atoms with Crippen molar-refractivity contribution < 1.29 is 9.59 Å². The summed E-state index contributed by atoms with van der Waals surface area (Å²) in [4.78, 5) is 26.6. The minimum absolute atomic E-state index is 0.0738. The standard InChI is InChI=1S/C12H24N2O2/c1-6-14(10(2)9-13(4)5)12(16)8-7-11(3)15/h10H,6-9H2,1-5H3. The summed E-state index contributed by atoms with van der Waals surface area (Å²) < 4.78 is 0. The summed E-state index contributed by atoms with van der Waals surface area (Å²) in [5.41, 5.74) is 0. The van der Waals surface area contributed by atoms with Gasteiger partial charge < -0.3 is 14.6 Å². The van der Waals surface area contributed by atoms with E-state index in [4.69, 9.17) is 0 Å². The monoisotopic (exact) mass is 228 g/mol. The van der Waals surface area contributed by atoms with Crippen molar-refractivity contribution in [1.29, 1.82) is 0 Å². The van der Waals surface area contributed by atoms with E-state index in [1.54, 1.807) is 0 Å². The van der Waals surface area contributed by atoms with Crippen LogP contribution in [0.15, 0.2) is 0 Å². The topological polar surface area (TPSA) is 40.6 Å². The molecule has 4 heteroatoms. The van der Waals surface area contributed by atoms with Crippen molar-refractivity contribution in [3.8, 4) is 0 Å². The fourth-order valence-electron chi connectivity index (χ4n) is 1.79. The zero-order valence-electron chi connectivity index (χ0n) is 11.1. The molecule has 1 unspecified atom stereocenters. The Kier molecular flexibility index (Phi) is 6.97. The second-order valence-corrected chi connectivity index (χ2v) is 4.49. The SMILES string of the molecule is CCN(C(=O)CCC(C)=O)C(C)CN(C)C. The molecule has 0 aromatic rings. The molecule has 0 spiro atoms. The first-order chi connectivity index (χ1) is 7.38. The largest absolute Gasteiger partial charge is 0.339 e. The minimum atomic E-state index is 0.0738. The molecule has 16 heavy (non-hydrogen) atoms. The lowest BCUT2D eigenvalue weighted by molar-refractivity contribution is -0.134. The summed E-state index contributed by atoms with van der Waals surface area (Å²) in [6.07, 6.45) is 0.685. The summed E-state index contributed by atoms with van der Waals surface area (Å²) >= 11 is 0. The van der Waals surface area contributed by atoms with E-state index in [2.05, 4.69) is 4.90 Å². The third kappa shape index (κ3) is 5.85. The molecule has 0 aliphatic carbocycles. The molecule has 0 rings (SSSR count). The highest BCUT2D eigenvalue weighted by Crippen LogP contribution is 2.05. The first-order valence-electron chi connectivity index (χ1n) is 5.82. The zero-order valence-corrected chi connectivity index (χ0v) is 11.1. The molecule has 4 nitrogen and oxygen atoms in total. The predicted octanol–water partition coefficient (Wildman–Crippen LogP) is 1.15. The normalized spacial score (nSPS) is 12.6. The molecule has 0 N–H and O–H groups in total. The Labute approximate surface area is 98.6 Å². The predicted molar refractivity (Wildman–Crippen MR) is 65.3 cm³/mol. The number of rotatable bonds is 7. The number of hydrogen-bond donors (Lipinski definition) is 0. The molecule has 0 radical (unpaired) electrons. The third-order valence-corrected chi connectivity index (χ3v) is 2.51. The van der Waals surface area contributed by atoms with Crippen LogP contribution in [-0.2, 0) is 9.59 Å². The van der Waals surface area contributed by atoms with Crippen molar-refractivity contribution in [2.45, 2.75) is 39.7 Å². The van der Waals surface area contributed by atoms with Crippen molar-refractivity contribution in [3.05, 3.63) is 0 Å². The number of likely N-dealkylation sites (N-methyl/N-ethyl adjacent to an activating group) is 2. The van der Waals surface area contributed by atoms with Crippen LogP contribution < -0.4 is 0 Å². The Morgan fingerprint density at radius 3 is 2.12 bits per heavy atom. The van der Waals surface area contributed by atoms with E-state index >= 15 is 0 Å². The van der Waals surface area contributed by atoms with Crippen LogP contribution in [0, 0.1) is 0 Å². The van der Waals surface area contributed by atoms with Crippen LogP contribution in [0.5, 0.6) is 0 Å². The van der Waals surface area contributed by atoms with Gasteiger partial charge in [0.2, 0.25) is 5.91 Å². The minimum Gasteiger partial charge on any atom is -0.339 e. The van der Waals surface area contributed by atoms with Gasteiger partial charge in [0.1, 0.15) is 5.78 Å². The first-order valence-corrected chi connectivity index (χ1v) is 5.82. The molecule has 1 amide bonds. The maximum Gasteiger partial charge on any atom is 0.223 e. The van der Waals surface area contributed by atoms with E-state index < -0.39 is 0 Å². The maximum absolute atomic E-state index is 11.9. The molecule has 0 saturated carbocycles. The van der Waals surface area contributed by atoms with Gasteiger partial charge in [0.25, 0.3) is 0 Å². The Morgan fingerprint density at radius 2 is 1.75 bits per heavy atom. The van der Waals surface area contributed by atoms with Gasteiger partial charge in [0.15, 0.2) is 0 Å². The van der Waals surface area contributed by atoms with Gasteiger partial charge in [-0.05, 0) is 34.9 Å². The van der Waals surface area contributed by atoms with Crippen molar-refractivity contribution in [2.75, 3.05) is 27.2 Å². The first kappa shape index (κ1) is 15.1. The quantitative estimate of drug-likeness (QED) is 0.656. The summed E-state index contributed by atoms with van der Waals surface area (Å²) in [5.74, 6) is 0.150. The third-order valence-electron chi connectivity index (χ3n) is 2.51. The molecule has 0 aromatic carbocycles. The number of carbonyl (C=O) groups excluding carboxylic acids is 2. The van der Waals surface area contributed by atoms with Crippen LogP contribution in [0.25, 0.3) is 0 Å². The Balaban J connectivity index is 4.24. The van der Waals surface area contributed by atoms with E-state index in [1.165, 1.54) is 6.92 Å². The van der Waals surface area contributed by atoms with E-state index in [0.29, 0.717) is 19.4 Å². The summed E-state index contributed by atoms with van der Waals surface area (Å²) in [6, 6.07) is 0.194. The Hall–Kier alpha value is -0.900. The molecular weight excluding hydrogens is 204 g/mol. The fourth-order valence-corrected chi connectivity index (χ4v) is 1.79. The zero-order chi connectivity index (χ0) is 12.7. The lowest BCUT2D eigenvalue weighted by Crippen LogP contribution is -2.43. The molecule has 1 atom stereocenters. The molecule has 0 aliphatic rings. The van der Waals surface area contributed by atoms with Crippen LogP contribution >= 0.6 is 0 Å². The number of nitrogens with zero attached hydrogens (tertiary/aromatic N) is 2. The Morgan fingerprint density at radius 1 is 1.19 bits per heavy atom. The summed E-state index contributed by atoms with van der Waals surface area (Å²) in [6.45, 7) is 7.07. The van der Waals surface area contributed by atoms with E-state index in [9.17, 15) is 9.59 Å². The average Bonchev–Trinajstić information content (AvgIpc) is 2.14. The van der Waals surface area contributed by atoms with Gasteiger partial charge in [-0.25, -0.2) is 0 Å².